The van der Waals surface area contributed by atoms with Gasteiger partial charge in [-0.3, -0.25) is 0 Å². The number of hydrogen-bond donors (Lipinski definition) is 0. The van der Waals surface area contributed by atoms with Gasteiger partial charge in [-0.05, 0) is 54.3 Å². The third-order valence-electron chi connectivity index (χ3n) is 2.63. The maximum absolute atomic E-state index is 5.33. The maximum Gasteiger partial charge on any atom is 0.107 e. The molecule has 0 saturated carbocycles. The van der Waals surface area contributed by atoms with E-state index in [-0.39, 0.29) is 6.10 Å². The normalized spacial score (nSPS) is 19.5. The molecule has 0 bridgehead atoms. The van der Waals surface area contributed by atoms with Gasteiger partial charge in [-0.15, -0.1) is 0 Å². The van der Waals surface area contributed by atoms with Crippen LogP contribution in [0.5, 0.6) is 0 Å². The topological polar surface area (TPSA) is 12.5 Å². The van der Waals surface area contributed by atoms with Crippen molar-refractivity contribution in [2.24, 2.45) is 0 Å². The number of hydrogen-bond acceptors (Lipinski definition) is 1. The van der Waals surface area contributed by atoms with E-state index in [1.165, 1.54) is 16.3 Å². The minimum Gasteiger partial charge on any atom is -0.368 e. The Hall–Kier alpha value is -0.380. The van der Waals surface area contributed by atoms with Crippen LogP contribution in [-0.2, 0) is 4.74 Å². The fourth-order valence-corrected chi connectivity index (χ4v) is 2.93. The molecule has 3 heteroatoms. The average Bonchev–Trinajstić information content (AvgIpc) is 3.07. The van der Waals surface area contributed by atoms with Crippen molar-refractivity contribution in [1.29, 1.82) is 0 Å². The number of epoxide rings is 1. The lowest BCUT2D eigenvalue weighted by Gasteiger charge is -2.07. The van der Waals surface area contributed by atoms with E-state index in [2.05, 4.69) is 56.1 Å². The van der Waals surface area contributed by atoms with E-state index in [9.17, 15) is 0 Å². The zero-order chi connectivity index (χ0) is 10.4. The number of rotatable bonds is 1. The van der Waals surface area contributed by atoms with Gasteiger partial charge in [-0.25, -0.2) is 0 Å². The number of halogens is 2. The second kappa shape index (κ2) is 3.58. The zero-order valence-corrected chi connectivity index (χ0v) is 11.0. The van der Waals surface area contributed by atoms with Crippen LogP contribution in [-0.4, -0.2) is 6.61 Å². The largest absolute Gasteiger partial charge is 0.368 e. The molecule has 0 spiro atoms. The van der Waals surface area contributed by atoms with Crippen LogP contribution in [0.1, 0.15) is 11.7 Å². The van der Waals surface area contributed by atoms with Crippen molar-refractivity contribution in [2.75, 3.05) is 6.61 Å². The Balaban J connectivity index is 2.34. The first-order valence-electron chi connectivity index (χ1n) is 4.75. The number of benzene rings is 2. The van der Waals surface area contributed by atoms with Crippen molar-refractivity contribution in [3.05, 3.63) is 44.8 Å². The Morgan fingerprint density at radius 1 is 1.13 bits per heavy atom. The fraction of sp³-hybridized carbons (Fsp3) is 0.167. The van der Waals surface area contributed by atoms with E-state index in [0.29, 0.717) is 0 Å². The van der Waals surface area contributed by atoms with Gasteiger partial charge in [0.15, 0.2) is 0 Å². The fourth-order valence-electron chi connectivity index (χ4n) is 1.76. The van der Waals surface area contributed by atoms with Gasteiger partial charge in [0.25, 0.3) is 0 Å². The van der Waals surface area contributed by atoms with E-state index in [4.69, 9.17) is 4.74 Å². The first-order valence-corrected chi connectivity index (χ1v) is 6.34. The molecule has 2 aromatic carbocycles. The molecular formula is C12H8Br2O. The van der Waals surface area contributed by atoms with Crippen LogP contribution >= 0.6 is 31.9 Å². The van der Waals surface area contributed by atoms with Crippen molar-refractivity contribution in [1.82, 2.24) is 0 Å². The van der Waals surface area contributed by atoms with Crippen molar-refractivity contribution in [3.63, 3.8) is 0 Å². The van der Waals surface area contributed by atoms with E-state index in [1.54, 1.807) is 0 Å². The summed E-state index contributed by atoms with van der Waals surface area (Å²) in [4.78, 5) is 0. The van der Waals surface area contributed by atoms with Crippen molar-refractivity contribution in [3.8, 4) is 0 Å². The second-order valence-electron chi connectivity index (χ2n) is 3.64. The molecule has 1 saturated heterocycles. The minimum absolute atomic E-state index is 0.278. The SMILES string of the molecule is Brc1c(C2CO2)cc2ccccc2c1Br. The third kappa shape index (κ3) is 1.63. The lowest BCUT2D eigenvalue weighted by molar-refractivity contribution is 0.415. The van der Waals surface area contributed by atoms with E-state index < -0.39 is 0 Å². The molecular weight excluding hydrogens is 320 g/mol. The Morgan fingerprint density at radius 3 is 2.60 bits per heavy atom. The molecule has 0 N–H and O–H groups in total. The molecule has 0 aliphatic carbocycles. The monoisotopic (exact) mass is 326 g/mol. The first-order chi connectivity index (χ1) is 7.27. The zero-order valence-electron chi connectivity index (χ0n) is 7.84. The summed E-state index contributed by atoms with van der Waals surface area (Å²) < 4.78 is 7.56. The Morgan fingerprint density at radius 2 is 1.87 bits per heavy atom. The summed E-state index contributed by atoms with van der Waals surface area (Å²) in [7, 11) is 0. The molecule has 1 atom stereocenters. The molecule has 1 aliphatic rings. The van der Waals surface area contributed by atoms with Gasteiger partial charge < -0.3 is 4.74 Å². The summed E-state index contributed by atoms with van der Waals surface area (Å²) in [6.07, 6.45) is 0.278. The van der Waals surface area contributed by atoms with Crippen LogP contribution in [0, 0.1) is 0 Å². The van der Waals surface area contributed by atoms with Gasteiger partial charge >= 0.3 is 0 Å². The van der Waals surface area contributed by atoms with E-state index >= 15 is 0 Å². The molecule has 1 fully saturated rings. The highest BCUT2D eigenvalue weighted by Crippen LogP contribution is 2.42. The standard InChI is InChI=1S/C12H8Br2O/c13-11-8-4-2-1-3-7(8)5-9(12(11)14)10-6-15-10/h1-5,10H,6H2. The van der Waals surface area contributed by atoms with Gasteiger partial charge in [0.1, 0.15) is 6.10 Å². The lowest BCUT2D eigenvalue weighted by Crippen LogP contribution is -1.86. The van der Waals surface area contributed by atoms with Crippen LogP contribution in [0.2, 0.25) is 0 Å². The molecule has 76 valence electrons. The predicted molar refractivity (Wildman–Crippen MR) is 68.0 cm³/mol. The van der Waals surface area contributed by atoms with Crippen LogP contribution in [0.4, 0.5) is 0 Å². The Kier molecular flexibility index (Phi) is 2.34. The van der Waals surface area contributed by atoms with Gasteiger partial charge in [0.05, 0.1) is 6.61 Å². The molecule has 3 rings (SSSR count). The second-order valence-corrected chi connectivity index (χ2v) is 5.22. The molecule has 1 heterocycles. The average molecular weight is 328 g/mol. The molecule has 0 radical (unpaired) electrons. The maximum atomic E-state index is 5.33. The van der Waals surface area contributed by atoms with Crippen LogP contribution < -0.4 is 0 Å². The summed E-state index contributed by atoms with van der Waals surface area (Å²) >= 11 is 7.24. The molecule has 2 aromatic rings. The molecule has 1 unspecified atom stereocenters. The summed E-state index contributed by atoms with van der Waals surface area (Å²) in [5.41, 5.74) is 1.24. The van der Waals surface area contributed by atoms with Crippen LogP contribution in [0.15, 0.2) is 39.3 Å². The summed E-state index contributed by atoms with van der Waals surface area (Å²) in [6, 6.07) is 10.5. The highest BCUT2D eigenvalue weighted by Gasteiger charge is 2.28. The van der Waals surface area contributed by atoms with Crippen LogP contribution in [0.3, 0.4) is 0 Å². The van der Waals surface area contributed by atoms with Crippen LogP contribution in [0.25, 0.3) is 10.8 Å². The number of ether oxygens (including phenoxy) is 1. The van der Waals surface area contributed by atoms with Gasteiger partial charge in [-0.1, -0.05) is 24.3 Å². The van der Waals surface area contributed by atoms with Gasteiger partial charge in [0.2, 0.25) is 0 Å². The minimum atomic E-state index is 0.278. The molecule has 15 heavy (non-hydrogen) atoms. The van der Waals surface area contributed by atoms with Gasteiger partial charge in [0, 0.05) is 8.95 Å². The lowest BCUT2D eigenvalue weighted by atomic mass is 10.1. The smallest absolute Gasteiger partial charge is 0.107 e. The Bertz CT molecular complexity index is 532. The molecule has 0 aromatic heterocycles. The van der Waals surface area contributed by atoms with Gasteiger partial charge in [-0.2, -0.15) is 0 Å². The van der Waals surface area contributed by atoms with Crippen molar-refractivity contribution >= 4 is 42.6 Å². The molecule has 0 amide bonds. The highest BCUT2D eigenvalue weighted by molar-refractivity contribution is 9.13. The molecule has 1 nitrogen and oxygen atoms in total. The quantitative estimate of drug-likeness (QED) is 0.706. The van der Waals surface area contributed by atoms with E-state index in [0.717, 1.165) is 15.6 Å². The first kappa shape index (κ1) is 9.82. The summed E-state index contributed by atoms with van der Waals surface area (Å²) in [5, 5.41) is 2.48. The van der Waals surface area contributed by atoms with E-state index in [1.807, 2.05) is 6.07 Å². The summed E-state index contributed by atoms with van der Waals surface area (Å²) in [6.45, 7) is 0.837. The third-order valence-corrected chi connectivity index (χ3v) is 4.84. The highest BCUT2D eigenvalue weighted by atomic mass is 79.9. The van der Waals surface area contributed by atoms with Crippen molar-refractivity contribution < 1.29 is 4.74 Å². The summed E-state index contributed by atoms with van der Waals surface area (Å²) in [5.74, 6) is 0. The molecule has 1 aliphatic heterocycles. The number of fused-ring (bicyclic) bond motifs is 1. The Labute approximate surface area is 105 Å². The predicted octanol–water partition coefficient (Wildman–Crippen LogP) is 4.44. The van der Waals surface area contributed by atoms with Crippen molar-refractivity contribution in [2.45, 2.75) is 6.10 Å².